The molecule has 1 aliphatic heterocycles. The zero-order valence-electron chi connectivity index (χ0n) is 13.2. The van der Waals surface area contributed by atoms with Gasteiger partial charge in [0.25, 0.3) is 0 Å². The van der Waals surface area contributed by atoms with Crippen LogP contribution >= 0.6 is 35.0 Å². The van der Waals surface area contributed by atoms with Crippen molar-refractivity contribution in [2.24, 2.45) is 5.10 Å². The van der Waals surface area contributed by atoms with E-state index in [9.17, 15) is 0 Å². The van der Waals surface area contributed by atoms with E-state index in [1.54, 1.807) is 0 Å². The number of hydrazine groups is 2. The predicted molar refractivity (Wildman–Crippen MR) is 114 cm³/mol. The van der Waals surface area contributed by atoms with E-state index in [4.69, 9.17) is 5.10 Å². The van der Waals surface area contributed by atoms with Crippen LogP contribution in [0.25, 0.3) is 0 Å². The standard InChI is InChI=1S/C19H15IN4.ClH/c20-16-11-13-18(14-12-16)24-22-19(15-7-3-1-4-8-15)21-23(24)17-9-5-2-6-10-17;/h1-14H,(H,21,22);1H. The molecule has 1 heterocycles. The molecular formula is C19H16ClIN4. The maximum Gasteiger partial charge on any atom is 0.176 e. The quantitative estimate of drug-likeness (QED) is 0.566. The fourth-order valence-corrected chi connectivity index (χ4v) is 2.88. The van der Waals surface area contributed by atoms with Gasteiger partial charge in [-0.25, -0.2) is 0 Å². The molecule has 0 aliphatic carbocycles. The van der Waals surface area contributed by atoms with E-state index in [0.717, 1.165) is 22.8 Å². The number of benzene rings is 3. The number of hydrazone groups is 1. The molecule has 1 N–H and O–H groups in total. The zero-order chi connectivity index (χ0) is 16.4. The molecule has 126 valence electrons. The van der Waals surface area contributed by atoms with E-state index in [-0.39, 0.29) is 12.4 Å². The van der Waals surface area contributed by atoms with Gasteiger partial charge >= 0.3 is 0 Å². The molecule has 4 rings (SSSR count). The van der Waals surface area contributed by atoms with Crippen molar-refractivity contribution in [3.8, 4) is 0 Å². The Morgan fingerprint density at radius 1 is 0.720 bits per heavy atom. The molecule has 0 radical (unpaired) electrons. The molecular weight excluding hydrogens is 447 g/mol. The molecule has 0 amide bonds. The molecule has 0 fully saturated rings. The third-order valence-corrected chi connectivity index (χ3v) is 4.42. The largest absolute Gasteiger partial charge is 0.259 e. The van der Waals surface area contributed by atoms with Crippen LogP contribution < -0.4 is 15.7 Å². The molecule has 0 aromatic heterocycles. The molecule has 3 aromatic carbocycles. The molecule has 4 nitrogen and oxygen atoms in total. The molecule has 0 atom stereocenters. The first-order chi connectivity index (χ1) is 11.8. The second-order valence-electron chi connectivity index (χ2n) is 5.34. The Kier molecular flexibility index (Phi) is 5.45. The summed E-state index contributed by atoms with van der Waals surface area (Å²) in [5, 5.41) is 8.60. The highest BCUT2D eigenvalue weighted by atomic mass is 127. The van der Waals surface area contributed by atoms with E-state index in [0.29, 0.717) is 0 Å². The number of anilines is 2. The Morgan fingerprint density at radius 3 is 1.96 bits per heavy atom. The highest BCUT2D eigenvalue weighted by molar-refractivity contribution is 14.1. The van der Waals surface area contributed by atoms with Crippen molar-refractivity contribution in [2.75, 3.05) is 10.2 Å². The van der Waals surface area contributed by atoms with Crippen molar-refractivity contribution >= 4 is 52.2 Å². The monoisotopic (exact) mass is 462 g/mol. The number of para-hydroxylation sites is 1. The van der Waals surface area contributed by atoms with Crippen LogP contribution in [-0.2, 0) is 0 Å². The summed E-state index contributed by atoms with van der Waals surface area (Å²) < 4.78 is 1.20. The Balaban J connectivity index is 0.00000182. The number of amidine groups is 1. The minimum atomic E-state index is 0. The van der Waals surface area contributed by atoms with Crippen LogP contribution in [0.5, 0.6) is 0 Å². The summed E-state index contributed by atoms with van der Waals surface area (Å²) in [5.74, 6) is 0.818. The van der Waals surface area contributed by atoms with Gasteiger partial charge in [0.15, 0.2) is 5.84 Å². The summed E-state index contributed by atoms with van der Waals surface area (Å²) in [6.07, 6.45) is 0. The van der Waals surface area contributed by atoms with E-state index >= 15 is 0 Å². The first kappa shape index (κ1) is 17.6. The molecule has 6 heteroatoms. The van der Waals surface area contributed by atoms with Gasteiger partial charge in [0.2, 0.25) is 0 Å². The number of nitrogens with one attached hydrogen (secondary N) is 1. The van der Waals surface area contributed by atoms with Crippen LogP contribution in [-0.4, -0.2) is 5.84 Å². The molecule has 25 heavy (non-hydrogen) atoms. The van der Waals surface area contributed by atoms with Crippen molar-refractivity contribution in [3.05, 3.63) is 94.1 Å². The number of halogens is 2. The van der Waals surface area contributed by atoms with Crippen molar-refractivity contribution in [2.45, 2.75) is 0 Å². The van der Waals surface area contributed by atoms with Gasteiger partial charge in [0.05, 0.1) is 11.4 Å². The maximum absolute atomic E-state index is 4.77. The number of hydrogen-bond donors (Lipinski definition) is 1. The SMILES string of the molecule is Cl.Ic1ccc(N2NC(c3ccccc3)=NN2c2ccccc2)cc1. The summed E-state index contributed by atoms with van der Waals surface area (Å²) in [5.41, 5.74) is 6.46. The van der Waals surface area contributed by atoms with Gasteiger partial charge in [-0.2, -0.15) is 10.2 Å². The fourth-order valence-electron chi connectivity index (χ4n) is 2.52. The molecule has 1 aliphatic rings. The summed E-state index contributed by atoms with van der Waals surface area (Å²) in [7, 11) is 0. The minimum absolute atomic E-state index is 0. The van der Waals surface area contributed by atoms with Crippen LogP contribution in [0, 0.1) is 3.57 Å². The Hall–Kier alpha value is -2.25. The minimum Gasteiger partial charge on any atom is -0.259 e. The van der Waals surface area contributed by atoms with Crippen molar-refractivity contribution < 1.29 is 0 Å². The van der Waals surface area contributed by atoms with Crippen LogP contribution in [0.4, 0.5) is 11.4 Å². The van der Waals surface area contributed by atoms with Crippen LogP contribution in [0.2, 0.25) is 0 Å². The summed E-state index contributed by atoms with van der Waals surface area (Å²) >= 11 is 2.31. The van der Waals surface area contributed by atoms with Crippen molar-refractivity contribution in [3.63, 3.8) is 0 Å². The van der Waals surface area contributed by atoms with Gasteiger partial charge in [-0.15, -0.1) is 17.5 Å². The van der Waals surface area contributed by atoms with Crippen molar-refractivity contribution in [1.29, 1.82) is 0 Å². The van der Waals surface area contributed by atoms with E-state index in [2.05, 4.69) is 52.3 Å². The fraction of sp³-hybridized carbons (Fsp3) is 0. The highest BCUT2D eigenvalue weighted by Gasteiger charge is 2.26. The van der Waals surface area contributed by atoms with Gasteiger partial charge in [-0.1, -0.05) is 48.5 Å². The average molecular weight is 463 g/mol. The van der Waals surface area contributed by atoms with E-state index < -0.39 is 0 Å². The normalized spacial score (nSPS) is 13.1. The lowest BCUT2D eigenvalue weighted by atomic mass is 10.2. The average Bonchev–Trinajstić information content (AvgIpc) is 3.09. The van der Waals surface area contributed by atoms with Crippen LogP contribution in [0.3, 0.4) is 0 Å². The smallest absolute Gasteiger partial charge is 0.176 e. The molecule has 0 spiro atoms. The zero-order valence-corrected chi connectivity index (χ0v) is 16.2. The lowest BCUT2D eigenvalue weighted by Gasteiger charge is -2.27. The van der Waals surface area contributed by atoms with Crippen molar-refractivity contribution in [1.82, 2.24) is 5.43 Å². The molecule has 0 saturated heterocycles. The second-order valence-corrected chi connectivity index (χ2v) is 6.59. The number of rotatable bonds is 3. The number of hydrogen-bond acceptors (Lipinski definition) is 4. The van der Waals surface area contributed by atoms with Crippen LogP contribution in [0.15, 0.2) is 90.0 Å². The van der Waals surface area contributed by atoms with E-state index in [1.807, 2.05) is 70.9 Å². The third-order valence-electron chi connectivity index (χ3n) is 3.70. The third kappa shape index (κ3) is 3.72. The first-order valence-electron chi connectivity index (χ1n) is 7.63. The van der Waals surface area contributed by atoms with Crippen LogP contribution in [0.1, 0.15) is 5.56 Å². The van der Waals surface area contributed by atoms with E-state index in [1.165, 1.54) is 3.57 Å². The van der Waals surface area contributed by atoms with Gasteiger partial charge in [-0.3, -0.25) is 5.43 Å². The Morgan fingerprint density at radius 2 is 1.32 bits per heavy atom. The maximum atomic E-state index is 4.77. The summed E-state index contributed by atoms with van der Waals surface area (Å²) in [4.78, 5) is 0. The summed E-state index contributed by atoms with van der Waals surface area (Å²) in [6, 6.07) is 28.6. The van der Waals surface area contributed by atoms with Gasteiger partial charge in [0.1, 0.15) is 0 Å². The molecule has 0 bridgehead atoms. The lowest BCUT2D eigenvalue weighted by Crippen LogP contribution is -2.44. The Labute approximate surface area is 166 Å². The predicted octanol–water partition coefficient (Wildman–Crippen LogP) is 4.82. The lowest BCUT2D eigenvalue weighted by molar-refractivity contribution is 0.771. The Bertz CT molecular complexity index is 854. The first-order valence-corrected chi connectivity index (χ1v) is 8.70. The second kappa shape index (κ2) is 7.76. The molecule has 0 unspecified atom stereocenters. The topological polar surface area (TPSA) is 30.9 Å². The molecule has 0 saturated carbocycles. The molecule has 3 aromatic rings. The summed E-state index contributed by atoms with van der Waals surface area (Å²) in [6.45, 7) is 0. The van der Waals surface area contributed by atoms with Gasteiger partial charge in [0, 0.05) is 9.13 Å². The highest BCUT2D eigenvalue weighted by Crippen LogP contribution is 2.26. The van der Waals surface area contributed by atoms with Gasteiger partial charge in [-0.05, 0) is 59.0 Å². The van der Waals surface area contributed by atoms with Gasteiger partial charge < -0.3 is 0 Å². The number of nitrogens with zero attached hydrogens (tertiary/aromatic N) is 3.